The number of carbonyl (C=O) groups is 1. The predicted molar refractivity (Wildman–Crippen MR) is 98.6 cm³/mol. The van der Waals surface area contributed by atoms with Crippen molar-refractivity contribution in [2.24, 2.45) is 0 Å². The van der Waals surface area contributed by atoms with Crippen molar-refractivity contribution in [3.8, 4) is 5.75 Å². The number of hydrogen-bond acceptors (Lipinski definition) is 5. The Bertz CT molecular complexity index is 749. The SMILES string of the molecule is COc1cccc(NC(=O)Nc2c(C)nc(N3CCCC3)nc2C)c1. The summed E-state index contributed by atoms with van der Waals surface area (Å²) in [7, 11) is 1.59. The molecular weight excluding hydrogens is 318 g/mol. The number of nitrogens with one attached hydrogen (secondary N) is 2. The lowest BCUT2D eigenvalue weighted by Crippen LogP contribution is -2.24. The molecule has 1 fully saturated rings. The van der Waals surface area contributed by atoms with Crippen LogP contribution in [0.15, 0.2) is 24.3 Å². The van der Waals surface area contributed by atoms with E-state index in [2.05, 4.69) is 25.5 Å². The lowest BCUT2D eigenvalue weighted by Gasteiger charge is -2.18. The maximum absolute atomic E-state index is 12.3. The Morgan fingerprint density at radius 1 is 1.12 bits per heavy atom. The number of methoxy groups -OCH3 is 1. The Kier molecular flexibility index (Phi) is 5.02. The van der Waals surface area contributed by atoms with Crippen LogP contribution in [0.25, 0.3) is 0 Å². The summed E-state index contributed by atoms with van der Waals surface area (Å²) in [5, 5.41) is 5.64. The van der Waals surface area contributed by atoms with E-state index in [1.54, 1.807) is 19.2 Å². The number of ether oxygens (including phenoxy) is 1. The summed E-state index contributed by atoms with van der Waals surface area (Å²) in [5.41, 5.74) is 2.82. The minimum absolute atomic E-state index is 0.336. The second-order valence-electron chi connectivity index (χ2n) is 6.07. The third-order valence-corrected chi connectivity index (χ3v) is 4.21. The molecule has 1 aliphatic heterocycles. The van der Waals surface area contributed by atoms with E-state index in [4.69, 9.17) is 4.74 Å². The van der Waals surface area contributed by atoms with Gasteiger partial charge in [-0.2, -0.15) is 0 Å². The van der Waals surface area contributed by atoms with Crippen LogP contribution in [0.5, 0.6) is 5.75 Å². The third-order valence-electron chi connectivity index (χ3n) is 4.21. The summed E-state index contributed by atoms with van der Waals surface area (Å²) >= 11 is 0. The van der Waals surface area contributed by atoms with Crippen LogP contribution >= 0.6 is 0 Å². The topological polar surface area (TPSA) is 79.4 Å². The average molecular weight is 341 g/mol. The van der Waals surface area contributed by atoms with Gasteiger partial charge in [-0.3, -0.25) is 0 Å². The first-order valence-electron chi connectivity index (χ1n) is 8.39. The zero-order chi connectivity index (χ0) is 17.8. The van der Waals surface area contributed by atoms with Crippen molar-refractivity contribution in [1.82, 2.24) is 9.97 Å². The van der Waals surface area contributed by atoms with Crippen molar-refractivity contribution >= 4 is 23.4 Å². The Morgan fingerprint density at radius 2 is 1.80 bits per heavy atom. The van der Waals surface area contributed by atoms with Gasteiger partial charge in [0.15, 0.2) is 0 Å². The molecule has 0 saturated carbocycles. The maximum atomic E-state index is 12.3. The summed E-state index contributed by atoms with van der Waals surface area (Å²) in [6.07, 6.45) is 2.34. The Morgan fingerprint density at radius 3 is 2.44 bits per heavy atom. The molecule has 1 aromatic carbocycles. The summed E-state index contributed by atoms with van der Waals surface area (Å²) < 4.78 is 5.16. The molecule has 0 bridgehead atoms. The second-order valence-corrected chi connectivity index (χ2v) is 6.07. The van der Waals surface area contributed by atoms with Crippen molar-refractivity contribution in [3.05, 3.63) is 35.7 Å². The van der Waals surface area contributed by atoms with Gasteiger partial charge >= 0.3 is 6.03 Å². The van der Waals surface area contributed by atoms with E-state index in [9.17, 15) is 4.79 Å². The molecule has 0 spiro atoms. The van der Waals surface area contributed by atoms with Gasteiger partial charge in [-0.15, -0.1) is 0 Å². The fourth-order valence-corrected chi connectivity index (χ4v) is 2.91. The summed E-state index contributed by atoms with van der Waals surface area (Å²) in [4.78, 5) is 23.6. The lowest BCUT2D eigenvalue weighted by molar-refractivity contribution is 0.262. The smallest absolute Gasteiger partial charge is 0.323 e. The van der Waals surface area contributed by atoms with E-state index in [0.29, 0.717) is 17.1 Å². The van der Waals surface area contributed by atoms with Crippen LogP contribution in [0.2, 0.25) is 0 Å². The molecule has 0 radical (unpaired) electrons. The number of aryl methyl sites for hydroxylation is 2. The number of hydrogen-bond donors (Lipinski definition) is 2. The van der Waals surface area contributed by atoms with Crippen LogP contribution in [0.1, 0.15) is 24.2 Å². The van der Waals surface area contributed by atoms with Crippen molar-refractivity contribution in [3.63, 3.8) is 0 Å². The van der Waals surface area contributed by atoms with Gasteiger partial charge in [0.25, 0.3) is 0 Å². The first kappa shape index (κ1) is 17.0. The van der Waals surface area contributed by atoms with E-state index in [0.717, 1.165) is 30.4 Å². The van der Waals surface area contributed by atoms with Crippen LogP contribution in [0, 0.1) is 13.8 Å². The van der Waals surface area contributed by atoms with Crippen molar-refractivity contribution in [2.45, 2.75) is 26.7 Å². The molecule has 1 saturated heterocycles. The largest absolute Gasteiger partial charge is 0.497 e. The minimum Gasteiger partial charge on any atom is -0.497 e. The molecule has 1 aliphatic rings. The standard InChI is InChI=1S/C18H23N5O2/c1-12-16(13(2)20-17(19-12)23-9-4-5-10-23)22-18(24)21-14-7-6-8-15(11-14)25-3/h6-8,11H,4-5,9-10H2,1-3H3,(H2,21,22,24). The highest BCUT2D eigenvalue weighted by Gasteiger charge is 2.18. The van der Waals surface area contributed by atoms with E-state index in [1.165, 1.54) is 12.8 Å². The molecule has 2 N–H and O–H groups in total. The Hall–Kier alpha value is -2.83. The highest BCUT2D eigenvalue weighted by Crippen LogP contribution is 2.23. The number of benzene rings is 1. The Balaban J connectivity index is 1.72. The molecule has 25 heavy (non-hydrogen) atoms. The fourth-order valence-electron chi connectivity index (χ4n) is 2.91. The molecule has 2 aromatic rings. The quantitative estimate of drug-likeness (QED) is 0.891. The van der Waals surface area contributed by atoms with E-state index < -0.39 is 0 Å². The number of anilines is 3. The van der Waals surface area contributed by atoms with Gasteiger partial charge < -0.3 is 20.3 Å². The van der Waals surface area contributed by atoms with Gasteiger partial charge in [0.05, 0.1) is 24.2 Å². The van der Waals surface area contributed by atoms with Gasteiger partial charge in [0.1, 0.15) is 5.75 Å². The molecular formula is C18H23N5O2. The first-order chi connectivity index (χ1) is 12.1. The zero-order valence-corrected chi connectivity index (χ0v) is 14.8. The van der Waals surface area contributed by atoms with Gasteiger partial charge in [-0.05, 0) is 38.8 Å². The van der Waals surface area contributed by atoms with E-state index >= 15 is 0 Å². The van der Waals surface area contributed by atoms with Crippen LogP contribution in [0.4, 0.5) is 22.1 Å². The molecule has 3 rings (SSSR count). The molecule has 2 heterocycles. The minimum atomic E-state index is -0.336. The van der Waals surface area contributed by atoms with Crippen LogP contribution < -0.4 is 20.3 Å². The van der Waals surface area contributed by atoms with Crippen LogP contribution in [-0.4, -0.2) is 36.2 Å². The van der Waals surface area contributed by atoms with Crippen molar-refractivity contribution in [2.75, 3.05) is 35.7 Å². The summed E-state index contributed by atoms with van der Waals surface area (Å²) in [6, 6.07) is 6.86. The first-order valence-corrected chi connectivity index (χ1v) is 8.39. The predicted octanol–water partition coefficient (Wildman–Crippen LogP) is 3.35. The molecule has 0 unspecified atom stereocenters. The highest BCUT2D eigenvalue weighted by atomic mass is 16.5. The normalized spacial score (nSPS) is 13.6. The average Bonchev–Trinajstić information content (AvgIpc) is 3.12. The number of urea groups is 1. The fraction of sp³-hybridized carbons (Fsp3) is 0.389. The summed E-state index contributed by atoms with van der Waals surface area (Å²) in [6.45, 7) is 5.74. The van der Waals surface area contributed by atoms with Crippen molar-refractivity contribution < 1.29 is 9.53 Å². The maximum Gasteiger partial charge on any atom is 0.323 e. The van der Waals surface area contributed by atoms with Gasteiger partial charge in [0.2, 0.25) is 5.95 Å². The van der Waals surface area contributed by atoms with E-state index in [1.807, 2.05) is 26.0 Å². The monoisotopic (exact) mass is 341 g/mol. The Labute approximate surface area is 147 Å². The van der Waals surface area contributed by atoms with Crippen LogP contribution in [-0.2, 0) is 0 Å². The van der Waals surface area contributed by atoms with Gasteiger partial charge in [0, 0.05) is 24.8 Å². The zero-order valence-electron chi connectivity index (χ0n) is 14.8. The molecule has 7 heteroatoms. The molecule has 2 amide bonds. The number of rotatable bonds is 4. The molecule has 0 atom stereocenters. The third kappa shape index (κ3) is 3.99. The number of carbonyl (C=O) groups excluding carboxylic acids is 1. The summed E-state index contributed by atoms with van der Waals surface area (Å²) in [5.74, 6) is 1.43. The second kappa shape index (κ2) is 7.38. The van der Waals surface area contributed by atoms with Crippen LogP contribution in [0.3, 0.4) is 0 Å². The lowest BCUT2D eigenvalue weighted by atomic mass is 10.3. The van der Waals surface area contributed by atoms with Crippen molar-refractivity contribution in [1.29, 1.82) is 0 Å². The highest BCUT2D eigenvalue weighted by molar-refractivity contribution is 6.00. The molecule has 1 aromatic heterocycles. The molecule has 0 aliphatic carbocycles. The number of nitrogens with zero attached hydrogens (tertiary/aromatic N) is 3. The van der Waals surface area contributed by atoms with Gasteiger partial charge in [-0.25, -0.2) is 14.8 Å². The number of amides is 2. The molecule has 132 valence electrons. The van der Waals surface area contributed by atoms with Gasteiger partial charge in [-0.1, -0.05) is 6.07 Å². The number of aromatic nitrogens is 2. The molecule has 7 nitrogen and oxygen atoms in total. The van der Waals surface area contributed by atoms with E-state index in [-0.39, 0.29) is 6.03 Å².